The molecule has 1 aromatic rings. The van der Waals surface area contributed by atoms with Gasteiger partial charge in [-0.15, -0.1) is 0 Å². The summed E-state index contributed by atoms with van der Waals surface area (Å²) in [5.74, 6) is 1.05. The van der Waals surface area contributed by atoms with E-state index < -0.39 is 10.0 Å². The fourth-order valence-corrected chi connectivity index (χ4v) is 2.93. The molecular formula is C14H23FN4O2S2. The van der Waals surface area contributed by atoms with Crippen LogP contribution in [0.2, 0.25) is 0 Å². The third kappa shape index (κ3) is 8.19. The first-order valence-electron chi connectivity index (χ1n) is 7.01. The largest absolute Gasteiger partial charge is 0.355 e. The average molecular weight is 362 g/mol. The molecule has 0 heterocycles. The van der Waals surface area contributed by atoms with Crippen LogP contribution in [0.4, 0.5) is 4.39 Å². The van der Waals surface area contributed by atoms with Crippen LogP contribution >= 0.6 is 11.8 Å². The zero-order valence-electron chi connectivity index (χ0n) is 13.5. The predicted molar refractivity (Wildman–Crippen MR) is 94.7 cm³/mol. The summed E-state index contributed by atoms with van der Waals surface area (Å²) in [6, 6.07) is 4.74. The highest BCUT2D eigenvalue weighted by Gasteiger charge is 2.06. The van der Waals surface area contributed by atoms with Crippen LogP contribution in [0, 0.1) is 5.82 Å². The van der Waals surface area contributed by atoms with Gasteiger partial charge in [0.2, 0.25) is 10.0 Å². The number of rotatable bonds is 8. The Morgan fingerprint density at radius 1 is 1.26 bits per heavy atom. The lowest BCUT2D eigenvalue weighted by molar-refractivity contribution is 0.586. The first kappa shape index (κ1) is 19.7. The first-order chi connectivity index (χ1) is 10.9. The normalized spacial score (nSPS) is 12.3. The number of guanidine groups is 1. The van der Waals surface area contributed by atoms with Gasteiger partial charge in [-0.05, 0) is 29.5 Å². The molecule has 0 aromatic heterocycles. The van der Waals surface area contributed by atoms with Gasteiger partial charge in [0.1, 0.15) is 5.82 Å². The molecule has 0 radical (unpaired) electrons. The van der Waals surface area contributed by atoms with Gasteiger partial charge in [-0.1, -0.05) is 6.07 Å². The number of aliphatic imine (C=N–C) groups is 1. The van der Waals surface area contributed by atoms with Crippen molar-refractivity contribution in [2.75, 3.05) is 32.6 Å². The maximum atomic E-state index is 13.3. The van der Waals surface area contributed by atoms with Crippen molar-refractivity contribution >= 4 is 27.7 Å². The molecule has 1 rings (SSSR count). The van der Waals surface area contributed by atoms with Crippen LogP contribution in [0.15, 0.2) is 23.2 Å². The minimum Gasteiger partial charge on any atom is -0.355 e. The Bertz CT molecular complexity index is 636. The second-order valence-corrected chi connectivity index (χ2v) is 7.56. The molecule has 0 aliphatic heterocycles. The molecule has 3 N–H and O–H groups in total. The van der Waals surface area contributed by atoms with E-state index in [1.807, 2.05) is 6.26 Å². The number of halogens is 1. The number of sulfonamides is 1. The molecule has 130 valence electrons. The molecule has 0 saturated heterocycles. The molecule has 0 atom stereocenters. The quantitative estimate of drug-likeness (QED) is 0.364. The first-order valence-corrected chi connectivity index (χ1v) is 10.3. The maximum Gasteiger partial charge on any atom is 0.208 e. The van der Waals surface area contributed by atoms with E-state index in [4.69, 9.17) is 0 Å². The zero-order valence-corrected chi connectivity index (χ0v) is 15.2. The molecule has 1 aromatic carbocycles. The summed E-state index contributed by atoms with van der Waals surface area (Å²) in [4.78, 5) is 4.07. The van der Waals surface area contributed by atoms with Crippen molar-refractivity contribution < 1.29 is 12.8 Å². The van der Waals surface area contributed by atoms with Crippen molar-refractivity contribution in [2.45, 2.75) is 12.3 Å². The summed E-state index contributed by atoms with van der Waals surface area (Å²) in [7, 11) is -1.56. The van der Waals surface area contributed by atoms with Crippen LogP contribution < -0.4 is 15.4 Å². The van der Waals surface area contributed by atoms with E-state index in [9.17, 15) is 12.8 Å². The molecule has 0 saturated carbocycles. The van der Waals surface area contributed by atoms with E-state index in [2.05, 4.69) is 20.3 Å². The predicted octanol–water partition coefficient (Wildman–Crippen LogP) is 0.903. The molecule has 0 aliphatic rings. The number of hydrogen-bond donors (Lipinski definition) is 3. The number of thioether (sulfide) groups is 1. The number of nitrogens with zero attached hydrogens (tertiary/aromatic N) is 1. The van der Waals surface area contributed by atoms with Crippen molar-refractivity contribution in [3.8, 4) is 0 Å². The average Bonchev–Trinajstić information content (AvgIpc) is 2.47. The van der Waals surface area contributed by atoms with Gasteiger partial charge >= 0.3 is 0 Å². The molecule has 0 aliphatic carbocycles. The lowest BCUT2D eigenvalue weighted by atomic mass is 10.1. The minimum absolute atomic E-state index is 0.243. The van der Waals surface area contributed by atoms with Gasteiger partial charge in [-0.2, -0.15) is 11.8 Å². The van der Waals surface area contributed by atoms with Gasteiger partial charge in [0.15, 0.2) is 5.96 Å². The highest BCUT2D eigenvalue weighted by atomic mass is 32.2. The smallest absolute Gasteiger partial charge is 0.208 e. The number of benzene rings is 1. The molecule has 0 amide bonds. The standard InChI is InChI=1S/C14H23FN4O2S2/c1-16-14(17-6-7-19-23(3,20)21)18-9-11-4-5-13(15)8-12(11)10-22-2/h4-5,8,19H,6-7,9-10H2,1-3H3,(H2,16,17,18). The van der Waals surface area contributed by atoms with Crippen molar-refractivity contribution in [3.63, 3.8) is 0 Å². The molecule has 0 bridgehead atoms. The van der Waals surface area contributed by atoms with Crippen molar-refractivity contribution in [3.05, 3.63) is 35.1 Å². The summed E-state index contributed by atoms with van der Waals surface area (Å²) >= 11 is 1.63. The van der Waals surface area contributed by atoms with Crippen molar-refractivity contribution in [1.29, 1.82) is 0 Å². The summed E-state index contributed by atoms with van der Waals surface area (Å²) in [6.07, 6.45) is 3.08. The molecule has 0 fully saturated rings. The highest BCUT2D eigenvalue weighted by molar-refractivity contribution is 7.97. The van der Waals surface area contributed by atoms with E-state index >= 15 is 0 Å². The van der Waals surface area contributed by atoms with E-state index in [1.54, 1.807) is 30.9 Å². The Morgan fingerprint density at radius 3 is 2.61 bits per heavy atom. The third-order valence-corrected chi connectivity index (χ3v) is 4.25. The Balaban J connectivity index is 2.52. The maximum absolute atomic E-state index is 13.3. The van der Waals surface area contributed by atoms with Crippen LogP contribution in [-0.4, -0.2) is 47.0 Å². The lowest BCUT2D eigenvalue weighted by Crippen LogP contribution is -2.41. The Morgan fingerprint density at radius 2 is 2.00 bits per heavy atom. The summed E-state index contributed by atoms with van der Waals surface area (Å²) < 4.78 is 37.6. The zero-order chi connectivity index (χ0) is 17.3. The fourth-order valence-electron chi connectivity index (χ4n) is 1.87. The molecule has 0 unspecified atom stereocenters. The van der Waals surface area contributed by atoms with Gasteiger partial charge < -0.3 is 10.6 Å². The topological polar surface area (TPSA) is 82.6 Å². The van der Waals surface area contributed by atoms with Gasteiger partial charge in [0, 0.05) is 32.4 Å². The lowest BCUT2D eigenvalue weighted by Gasteiger charge is -2.14. The summed E-state index contributed by atoms with van der Waals surface area (Å²) in [6.45, 7) is 1.19. The van der Waals surface area contributed by atoms with E-state index in [0.29, 0.717) is 19.0 Å². The number of hydrogen-bond acceptors (Lipinski definition) is 4. The van der Waals surface area contributed by atoms with E-state index in [-0.39, 0.29) is 12.4 Å². The molecule has 23 heavy (non-hydrogen) atoms. The van der Waals surface area contributed by atoms with Gasteiger partial charge in [-0.25, -0.2) is 17.5 Å². The second-order valence-electron chi connectivity index (χ2n) is 4.87. The van der Waals surface area contributed by atoms with Crippen molar-refractivity contribution in [2.24, 2.45) is 4.99 Å². The van der Waals surface area contributed by atoms with Crippen LogP contribution in [-0.2, 0) is 22.3 Å². The SMILES string of the molecule is CN=C(NCCNS(C)(=O)=O)NCc1ccc(F)cc1CSC. The summed E-state index contributed by atoms with van der Waals surface area (Å²) in [5.41, 5.74) is 1.94. The molecule has 0 spiro atoms. The minimum atomic E-state index is -3.19. The van der Waals surface area contributed by atoms with Crippen LogP contribution in [0.1, 0.15) is 11.1 Å². The van der Waals surface area contributed by atoms with Crippen LogP contribution in [0.5, 0.6) is 0 Å². The Kier molecular flexibility index (Phi) is 8.35. The van der Waals surface area contributed by atoms with E-state index in [0.717, 1.165) is 23.1 Å². The summed E-state index contributed by atoms with van der Waals surface area (Å²) in [5, 5.41) is 6.14. The molecule has 6 nitrogen and oxygen atoms in total. The molecule has 9 heteroatoms. The Labute approximate surface area is 141 Å². The highest BCUT2D eigenvalue weighted by Crippen LogP contribution is 2.16. The third-order valence-electron chi connectivity index (χ3n) is 2.92. The fraction of sp³-hybridized carbons (Fsp3) is 0.500. The Hall–Kier alpha value is -1.32. The molecular weight excluding hydrogens is 339 g/mol. The monoisotopic (exact) mass is 362 g/mol. The van der Waals surface area contributed by atoms with E-state index in [1.165, 1.54) is 6.07 Å². The van der Waals surface area contributed by atoms with Gasteiger partial charge in [0.05, 0.1) is 6.26 Å². The van der Waals surface area contributed by atoms with Crippen molar-refractivity contribution in [1.82, 2.24) is 15.4 Å². The van der Waals surface area contributed by atoms with Gasteiger partial charge in [-0.3, -0.25) is 4.99 Å². The van der Waals surface area contributed by atoms with Crippen LogP contribution in [0.25, 0.3) is 0 Å². The van der Waals surface area contributed by atoms with Gasteiger partial charge in [0.25, 0.3) is 0 Å². The number of nitrogens with one attached hydrogen (secondary N) is 3. The second kappa shape index (κ2) is 9.74. The van der Waals surface area contributed by atoms with Crippen LogP contribution in [0.3, 0.4) is 0 Å².